The zero-order chi connectivity index (χ0) is 43.8. The molecule has 0 aliphatic heterocycles. The summed E-state index contributed by atoms with van der Waals surface area (Å²) in [4.78, 5) is 1.72. The van der Waals surface area contributed by atoms with Gasteiger partial charge in [-0.1, -0.05) is 23.5 Å². The predicted octanol–water partition coefficient (Wildman–Crippen LogP) is -5.70. The van der Waals surface area contributed by atoms with Crippen LogP contribution in [0, 0.1) is 29.6 Å². The standard InChI is InChI=1S/C34H23N9O12S5.4Li/c1-18-27(17-36)32(37-20-5-9-23(10-6-20)57(44,45)46)39-33(38-21-7-11-24(12-8-21)58(47,48)49)31(18)42-43-34-19(16-35)13-30(56-34)41-40-22-14-26-25(29(15-22)60(53,54)55)3-2-4-28(26)59(50,51)52;;;;/h2-15H,1H3,(H2,37,38,39)(H,44,45,46)(H,47,48,49)(H,50,51,52)(H,53,54,55);;;;/q;4*+1/p-4. The molecule has 0 radical (unpaired) electrons. The van der Waals surface area contributed by atoms with E-state index in [9.17, 15) is 62.4 Å². The molecule has 0 atom stereocenters. The van der Waals surface area contributed by atoms with Crippen LogP contribution in [0.25, 0.3) is 10.8 Å². The van der Waals surface area contributed by atoms with E-state index in [1.54, 1.807) is 0 Å². The van der Waals surface area contributed by atoms with Crippen molar-refractivity contribution in [2.45, 2.75) is 26.5 Å². The number of hydrogen-bond donors (Lipinski definition) is 2. The van der Waals surface area contributed by atoms with Gasteiger partial charge in [0.2, 0.25) is 0 Å². The third-order valence-electron chi connectivity index (χ3n) is 8.10. The number of azo groups is 2. The van der Waals surface area contributed by atoms with Gasteiger partial charge in [-0.25, -0.2) is 38.7 Å². The minimum atomic E-state index is -5.22. The van der Waals surface area contributed by atoms with Crippen LogP contribution in [0.1, 0.15) is 16.7 Å². The van der Waals surface area contributed by atoms with Gasteiger partial charge in [-0.3, -0.25) is 0 Å². The molecule has 0 fully saturated rings. The summed E-state index contributed by atoms with van der Waals surface area (Å²) < 4.78 is 141. The van der Waals surface area contributed by atoms with Crippen molar-refractivity contribution in [3.05, 3.63) is 102 Å². The maximum Gasteiger partial charge on any atom is 1.00 e. The van der Waals surface area contributed by atoms with Crippen molar-refractivity contribution in [1.29, 1.82) is 10.5 Å². The van der Waals surface area contributed by atoms with Crippen LogP contribution >= 0.6 is 11.3 Å². The van der Waals surface area contributed by atoms with Gasteiger partial charge < -0.3 is 28.8 Å². The molecule has 0 aliphatic rings. The molecule has 6 aromatic rings. The quantitative estimate of drug-likeness (QED) is 0.0656. The molecule has 4 aromatic carbocycles. The fraction of sp³-hybridized carbons (Fsp3) is 0.0294. The molecule has 0 amide bonds. The van der Waals surface area contributed by atoms with E-state index in [-0.39, 0.29) is 142 Å². The molecule has 0 saturated carbocycles. The third kappa shape index (κ3) is 13.0. The third-order valence-corrected chi connectivity index (χ3v) is 12.5. The summed E-state index contributed by atoms with van der Waals surface area (Å²) in [6, 6.07) is 19.2. The first-order valence-electron chi connectivity index (χ1n) is 16.0. The largest absolute Gasteiger partial charge is 1.00 e. The first kappa shape index (κ1) is 55.9. The number of nitrogens with zero attached hydrogens (tertiary/aromatic N) is 7. The van der Waals surface area contributed by atoms with Crippen LogP contribution in [0.3, 0.4) is 0 Å². The van der Waals surface area contributed by atoms with Crippen molar-refractivity contribution in [1.82, 2.24) is 4.98 Å². The van der Waals surface area contributed by atoms with Crippen LogP contribution in [0.15, 0.2) is 125 Å². The molecule has 0 aliphatic carbocycles. The van der Waals surface area contributed by atoms with Crippen molar-refractivity contribution in [3.63, 3.8) is 0 Å². The molecule has 64 heavy (non-hydrogen) atoms. The Morgan fingerprint density at radius 2 is 1.12 bits per heavy atom. The Balaban J connectivity index is 0.00000352. The van der Waals surface area contributed by atoms with Gasteiger partial charge >= 0.3 is 75.4 Å². The molecule has 2 N–H and O–H groups in total. The van der Waals surface area contributed by atoms with Gasteiger partial charge in [0.15, 0.2) is 16.6 Å². The predicted molar refractivity (Wildman–Crippen MR) is 206 cm³/mol. The van der Waals surface area contributed by atoms with E-state index in [1.807, 2.05) is 12.1 Å². The zero-order valence-electron chi connectivity index (χ0n) is 33.7. The summed E-state index contributed by atoms with van der Waals surface area (Å²) in [5.74, 6) is -0.199. The van der Waals surface area contributed by atoms with Crippen LogP contribution in [-0.2, 0) is 40.5 Å². The number of anilines is 4. The minimum Gasteiger partial charge on any atom is -0.744 e. The summed E-state index contributed by atoms with van der Waals surface area (Å²) in [5.41, 5.74) is -0.0795. The van der Waals surface area contributed by atoms with Crippen LogP contribution in [-0.4, -0.2) is 56.9 Å². The van der Waals surface area contributed by atoms with E-state index in [4.69, 9.17) is 0 Å². The first-order chi connectivity index (χ1) is 28.1. The van der Waals surface area contributed by atoms with E-state index in [1.165, 1.54) is 37.3 Å². The number of nitriles is 2. The molecule has 306 valence electrons. The Morgan fingerprint density at radius 3 is 1.61 bits per heavy atom. The van der Waals surface area contributed by atoms with Crippen LogP contribution in [0.5, 0.6) is 0 Å². The van der Waals surface area contributed by atoms with Gasteiger partial charge in [0, 0.05) is 27.7 Å². The van der Waals surface area contributed by atoms with Crippen LogP contribution < -0.4 is 86.1 Å². The molecule has 0 bridgehead atoms. The first-order valence-corrected chi connectivity index (χ1v) is 22.5. The van der Waals surface area contributed by atoms with Crippen molar-refractivity contribution < 1.29 is 127 Å². The van der Waals surface area contributed by atoms with Crippen LogP contribution in [0.2, 0.25) is 0 Å². The van der Waals surface area contributed by atoms with Crippen LogP contribution in [0.4, 0.5) is 44.4 Å². The average Bonchev–Trinajstić information content (AvgIpc) is 3.57. The van der Waals surface area contributed by atoms with Gasteiger partial charge in [0.25, 0.3) is 0 Å². The second-order valence-electron chi connectivity index (χ2n) is 12.0. The second-order valence-corrected chi connectivity index (χ2v) is 18.5. The maximum atomic E-state index is 12.1. The number of aromatic nitrogens is 1. The molecule has 2 heterocycles. The molecular weight excluding hydrogens is 915 g/mol. The molecular formula is C34H19Li4N9O12S5. The molecule has 0 spiro atoms. The van der Waals surface area contributed by atoms with E-state index in [2.05, 4.69) is 36.1 Å². The molecule has 6 rings (SSSR count). The van der Waals surface area contributed by atoms with Gasteiger partial charge in [-0.15, -0.1) is 20.5 Å². The Morgan fingerprint density at radius 1 is 0.594 bits per heavy atom. The van der Waals surface area contributed by atoms with E-state index in [0.29, 0.717) is 0 Å². The van der Waals surface area contributed by atoms with Crippen molar-refractivity contribution >= 4 is 107 Å². The average molecular weight is 934 g/mol. The molecule has 2 aromatic heterocycles. The summed E-state index contributed by atoms with van der Waals surface area (Å²) in [6.45, 7) is 1.47. The Hall–Kier alpha value is -4.20. The molecule has 30 heteroatoms. The summed E-state index contributed by atoms with van der Waals surface area (Å²) in [7, 11) is -19.9. The summed E-state index contributed by atoms with van der Waals surface area (Å²) >= 11 is 0.742. The molecule has 0 unspecified atom stereocenters. The van der Waals surface area contributed by atoms with E-state index >= 15 is 0 Å². The minimum absolute atomic E-state index is 0. The normalized spacial score (nSPS) is 11.7. The fourth-order valence-electron chi connectivity index (χ4n) is 5.38. The molecule has 0 saturated heterocycles. The number of rotatable bonds is 12. The van der Waals surface area contributed by atoms with E-state index < -0.39 is 65.4 Å². The second kappa shape index (κ2) is 21.9. The monoisotopic (exact) mass is 933 g/mol. The van der Waals surface area contributed by atoms with Crippen molar-refractivity contribution in [3.8, 4) is 12.1 Å². The van der Waals surface area contributed by atoms with E-state index in [0.717, 1.165) is 65.9 Å². The topological polar surface area (TPSA) is 363 Å². The van der Waals surface area contributed by atoms with Gasteiger partial charge in [-0.05, 0) is 79.7 Å². The van der Waals surface area contributed by atoms with Crippen molar-refractivity contribution in [2.75, 3.05) is 10.6 Å². The number of hydrogen-bond acceptors (Lipinski definition) is 22. The smallest absolute Gasteiger partial charge is 0.744 e. The fourth-order valence-corrected chi connectivity index (χ4v) is 8.47. The summed E-state index contributed by atoms with van der Waals surface area (Å²) in [5, 5.41) is 41.2. The Kier molecular flexibility index (Phi) is 19.1. The number of nitrogens with one attached hydrogen (secondary N) is 2. The number of benzene rings is 4. The Labute approximate surface area is 417 Å². The summed E-state index contributed by atoms with van der Waals surface area (Å²) in [6.07, 6.45) is 0. The van der Waals surface area contributed by atoms with Gasteiger partial charge in [-0.2, -0.15) is 10.5 Å². The SMILES string of the molecule is Cc1c(C#N)c(Nc2ccc(S(=O)(=O)[O-])cc2)nc(Nc2ccc(S(=O)(=O)[O-])cc2)c1N=Nc1sc(N=Nc2cc(S(=O)(=O)[O-])c3cccc(S(=O)(=O)[O-])c3c2)cc1C#N.[Li+].[Li+].[Li+].[Li+]. The number of pyridine rings is 1. The van der Waals surface area contributed by atoms with Gasteiger partial charge in [0.05, 0.1) is 36.4 Å². The van der Waals surface area contributed by atoms with Gasteiger partial charge in [0.1, 0.15) is 63.3 Å². The zero-order valence-corrected chi connectivity index (χ0v) is 37.7. The number of fused-ring (bicyclic) bond motifs is 1. The number of thiophene rings is 1. The van der Waals surface area contributed by atoms with Crippen molar-refractivity contribution in [2.24, 2.45) is 20.5 Å². The molecule has 21 nitrogen and oxygen atoms in total. The Bertz CT molecular complexity index is 3360. The maximum absolute atomic E-state index is 12.1.